The lowest BCUT2D eigenvalue weighted by atomic mass is 9.58. The van der Waals surface area contributed by atoms with Crippen LogP contribution in [0.3, 0.4) is 0 Å². The molecule has 6 N–H and O–H groups in total. The number of amides is 2. The number of methoxy groups -OCH3 is 1. The van der Waals surface area contributed by atoms with Crippen LogP contribution in [-0.2, 0) is 25.5 Å². The van der Waals surface area contributed by atoms with E-state index in [2.05, 4.69) is 0 Å². The molecular formula is C28H31N3O10. The van der Waals surface area contributed by atoms with Crippen LogP contribution in [0.4, 0.5) is 4.79 Å². The Kier molecular flexibility index (Phi) is 5.83. The average molecular weight is 570 g/mol. The van der Waals surface area contributed by atoms with Crippen LogP contribution in [0.15, 0.2) is 29.0 Å². The van der Waals surface area contributed by atoms with Crippen molar-refractivity contribution in [1.82, 2.24) is 9.80 Å². The number of carbonyl (C=O) groups is 4. The van der Waals surface area contributed by atoms with Gasteiger partial charge in [-0.3, -0.25) is 24.2 Å². The minimum Gasteiger partial charge on any atom is -0.510 e. The van der Waals surface area contributed by atoms with Crippen molar-refractivity contribution in [1.29, 1.82) is 0 Å². The maximum absolute atomic E-state index is 14.1. The lowest BCUT2D eigenvalue weighted by molar-refractivity contribution is -0.127. The summed E-state index contributed by atoms with van der Waals surface area (Å²) >= 11 is 0. The summed E-state index contributed by atoms with van der Waals surface area (Å²) in [7, 11) is 4.49. The van der Waals surface area contributed by atoms with Gasteiger partial charge in [0.05, 0.1) is 25.3 Å². The predicted molar refractivity (Wildman–Crippen MR) is 140 cm³/mol. The second-order valence-corrected chi connectivity index (χ2v) is 11.6. The highest BCUT2D eigenvalue weighted by Gasteiger charge is 2.86. The number of hydrogen-bond acceptors (Lipinski definition) is 11. The fraction of sp³-hybridized carbons (Fsp3) is 0.500. The van der Waals surface area contributed by atoms with Crippen molar-refractivity contribution in [3.8, 4) is 5.75 Å². The summed E-state index contributed by atoms with van der Waals surface area (Å²) < 4.78 is 10.5. The summed E-state index contributed by atoms with van der Waals surface area (Å²) in [5, 5.41) is 44.5. The van der Waals surface area contributed by atoms with Gasteiger partial charge in [-0.05, 0) is 63.4 Å². The normalized spacial score (nSPS) is 31.6. The molecule has 0 aromatic heterocycles. The molecule has 1 aliphatic heterocycles. The fourth-order valence-corrected chi connectivity index (χ4v) is 7.20. The van der Waals surface area contributed by atoms with Crippen molar-refractivity contribution in [3.05, 3.63) is 45.7 Å². The van der Waals surface area contributed by atoms with Crippen molar-refractivity contribution in [3.63, 3.8) is 0 Å². The second-order valence-electron chi connectivity index (χ2n) is 11.6. The van der Waals surface area contributed by atoms with Gasteiger partial charge >= 0.3 is 6.09 Å². The molecule has 218 valence electrons. The van der Waals surface area contributed by atoms with E-state index < -0.39 is 69.9 Å². The number of aliphatic hydroxyl groups excluding tert-OH is 2. The van der Waals surface area contributed by atoms with Gasteiger partial charge < -0.3 is 35.6 Å². The molecule has 1 spiro atoms. The number of aromatic hydroxyl groups is 1. The SMILES string of the molecule is COC(=O)N(CC(=O)c1ccc(O)c2c1C[C@H]1C[C@H]3[C@@H](N(C)C)C(O)=C(C(N)=O)C4(O)O[C@]34C(=O)C1=C2O)C1CC1. The molecule has 5 atom stereocenters. The number of primary amides is 1. The Morgan fingerprint density at radius 2 is 1.85 bits per heavy atom. The summed E-state index contributed by atoms with van der Waals surface area (Å²) in [6, 6.07) is 1.62. The van der Waals surface area contributed by atoms with Crippen molar-refractivity contribution < 1.29 is 49.1 Å². The number of fused-ring (bicyclic) bond motifs is 2. The van der Waals surface area contributed by atoms with Gasteiger partial charge in [-0.2, -0.15) is 0 Å². The van der Waals surface area contributed by atoms with Crippen LogP contribution < -0.4 is 5.73 Å². The number of likely N-dealkylation sites (N-methyl/N-ethyl adjacent to an activating group) is 1. The van der Waals surface area contributed by atoms with Crippen LogP contribution in [-0.4, -0.2) is 105 Å². The quantitative estimate of drug-likeness (QED) is 0.236. The Morgan fingerprint density at radius 3 is 2.44 bits per heavy atom. The Hall–Kier alpha value is -3.94. The number of phenolic OH excluding ortho intramolecular Hbond substituents is 1. The summed E-state index contributed by atoms with van der Waals surface area (Å²) in [6.07, 6.45) is 1.04. The highest BCUT2D eigenvalue weighted by atomic mass is 16.8. The number of benzene rings is 1. The highest BCUT2D eigenvalue weighted by Crippen LogP contribution is 2.67. The van der Waals surface area contributed by atoms with Gasteiger partial charge in [0.1, 0.15) is 22.8 Å². The largest absolute Gasteiger partial charge is 0.510 e. The summed E-state index contributed by atoms with van der Waals surface area (Å²) in [5.41, 5.74) is 3.16. The number of nitrogens with zero attached hydrogens (tertiary/aromatic N) is 2. The van der Waals surface area contributed by atoms with Crippen molar-refractivity contribution in [2.45, 2.75) is 49.2 Å². The van der Waals surface area contributed by atoms with Gasteiger partial charge in [0.2, 0.25) is 11.6 Å². The van der Waals surface area contributed by atoms with E-state index in [9.17, 15) is 39.6 Å². The van der Waals surface area contributed by atoms with Crippen molar-refractivity contribution >= 4 is 29.3 Å². The molecule has 0 bridgehead atoms. The van der Waals surface area contributed by atoms with E-state index in [1.807, 2.05) is 0 Å². The molecule has 2 saturated carbocycles. The minimum atomic E-state index is -2.48. The van der Waals surface area contributed by atoms with Gasteiger partial charge in [-0.15, -0.1) is 0 Å². The molecule has 5 aliphatic rings. The molecule has 1 heterocycles. The first-order valence-corrected chi connectivity index (χ1v) is 13.3. The van der Waals surface area contributed by atoms with Gasteiger partial charge in [-0.1, -0.05) is 0 Å². The molecular weight excluding hydrogens is 538 g/mol. The maximum atomic E-state index is 14.1. The molecule has 1 saturated heterocycles. The predicted octanol–water partition coefficient (Wildman–Crippen LogP) is 0.535. The molecule has 4 aliphatic carbocycles. The standard InChI is InChI=1S/C28H31N3O10/c1-30(2)21-15-9-11-8-14-13(17(33)10-31(12-4-5-12)26(38)40-3)6-7-16(32)19(14)22(34)18(11)24(36)27(15)28(39,41-27)20(23(21)35)25(29)37/h6-7,11-12,15,21,32,34-35,39H,4-5,8-10H2,1-3H3,(H2,29,37)/t11-,15-,21+,27-,28?/m0/s1. The molecule has 13 heteroatoms. The molecule has 41 heavy (non-hydrogen) atoms. The molecule has 0 radical (unpaired) electrons. The van der Waals surface area contributed by atoms with E-state index in [0.29, 0.717) is 5.56 Å². The maximum Gasteiger partial charge on any atom is 0.410 e. The third kappa shape index (κ3) is 3.52. The third-order valence-corrected chi connectivity index (χ3v) is 9.12. The number of aliphatic hydroxyl groups is 3. The molecule has 1 aromatic rings. The van der Waals surface area contributed by atoms with Crippen LogP contribution in [0.1, 0.15) is 40.7 Å². The third-order valence-electron chi connectivity index (χ3n) is 9.12. The van der Waals surface area contributed by atoms with E-state index in [-0.39, 0.29) is 47.9 Å². The van der Waals surface area contributed by atoms with Crippen LogP contribution in [0.5, 0.6) is 5.75 Å². The zero-order valence-electron chi connectivity index (χ0n) is 22.7. The number of phenols is 1. The number of ketones is 2. The average Bonchev–Trinajstić information content (AvgIpc) is 3.81. The lowest BCUT2D eigenvalue weighted by Crippen LogP contribution is -2.60. The Morgan fingerprint density at radius 1 is 1.17 bits per heavy atom. The van der Waals surface area contributed by atoms with Crippen molar-refractivity contribution in [2.75, 3.05) is 27.7 Å². The van der Waals surface area contributed by atoms with Gasteiger partial charge in [0.25, 0.3) is 5.91 Å². The Labute approximate surface area is 234 Å². The fourth-order valence-electron chi connectivity index (χ4n) is 7.20. The van der Waals surface area contributed by atoms with Gasteiger partial charge in [-0.25, -0.2) is 4.79 Å². The van der Waals surface area contributed by atoms with E-state index in [1.165, 1.54) is 24.1 Å². The number of rotatable bonds is 6. The molecule has 6 rings (SSSR count). The first-order chi connectivity index (χ1) is 19.3. The Bertz CT molecular complexity index is 1490. The van der Waals surface area contributed by atoms with E-state index in [4.69, 9.17) is 15.2 Å². The number of carbonyl (C=O) groups excluding carboxylic acids is 4. The first kappa shape index (κ1) is 27.2. The number of ether oxygens (including phenoxy) is 2. The lowest BCUT2D eigenvalue weighted by Gasteiger charge is -2.46. The minimum absolute atomic E-state index is 0.0654. The van der Waals surface area contributed by atoms with E-state index in [1.54, 1.807) is 19.0 Å². The summed E-state index contributed by atoms with van der Waals surface area (Å²) in [4.78, 5) is 55.1. The van der Waals surface area contributed by atoms with Gasteiger partial charge in [0, 0.05) is 23.1 Å². The van der Waals surface area contributed by atoms with Crippen LogP contribution in [0.2, 0.25) is 0 Å². The molecule has 1 aromatic carbocycles. The highest BCUT2D eigenvalue weighted by molar-refractivity contribution is 6.14. The number of epoxide rings is 1. The number of Topliss-reactive ketones (excluding diaryl/α,β-unsaturated/α-hetero) is 2. The van der Waals surface area contributed by atoms with Crippen LogP contribution >= 0.6 is 0 Å². The molecule has 13 nitrogen and oxygen atoms in total. The number of hydrogen-bond donors (Lipinski definition) is 5. The van der Waals surface area contributed by atoms with Gasteiger partial charge in [0.15, 0.2) is 11.4 Å². The zero-order chi connectivity index (χ0) is 29.8. The molecule has 3 fully saturated rings. The first-order valence-electron chi connectivity index (χ1n) is 13.3. The monoisotopic (exact) mass is 569 g/mol. The topological polar surface area (TPSA) is 203 Å². The Balaban J connectivity index is 1.44. The summed E-state index contributed by atoms with van der Waals surface area (Å²) in [5.74, 6) is -7.80. The zero-order valence-corrected chi connectivity index (χ0v) is 22.7. The molecule has 2 amide bonds. The second kappa shape index (κ2) is 8.78. The van der Waals surface area contributed by atoms with Crippen LogP contribution in [0, 0.1) is 11.8 Å². The van der Waals surface area contributed by atoms with Crippen molar-refractivity contribution in [2.24, 2.45) is 17.6 Å². The number of nitrogens with two attached hydrogens (primary N) is 1. The van der Waals surface area contributed by atoms with E-state index in [0.717, 1.165) is 12.8 Å². The van der Waals surface area contributed by atoms with E-state index >= 15 is 0 Å². The van der Waals surface area contributed by atoms with Crippen LogP contribution in [0.25, 0.3) is 5.76 Å². The summed E-state index contributed by atoms with van der Waals surface area (Å²) in [6.45, 7) is -0.265. The smallest absolute Gasteiger partial charge is 0.410 e. The molecule has 1 unspecified atom stereocenters.